The van der Waals surface area contributed by atoms with Crippen molar-refractivity contribution in [2.45, 2.75) is 6.04 Å². The Morgan fingerprint density at radius 1 is 1.00 bits per heavy atom. The fourth-order valence-electron chi connectivity index (χ4n) is 2.46. The fraction of sp³-hybridized carbons (Fsp3) is 0.0625. The Bertz CT molecular complexity index is 737. The number of rotatable bonds is 3. The van der Waals surface area contributed by atoms with Gasteiger partial charge < -0.3 is 0 Å². The average Bonchev–Trinajstić information content (AvgIpc) is 2.50. The first kappa shape index (κ1) is 13.1. The standard InChI is InChI=1S/C16H14ClN3/c17-15-7-2-1-5-14(15)16(20-18)13-6-3-4-11-10-19-9-8-12(11)13/h1-10,16,20H,18H2. The van der Waals surface area contributed by atoms with Gasteiger partial charge in [-0.25, -0.2) is 5.43 Å². The van der Waals surface area contributed by atoms with Crippen LogP contribution in [0.3, 0.4) is 0 Å². The molecule has 0 amide bonds. The van der Waals surface area contributed by atoms with Crippen LogP contribution in [0.1, 0.15) is 17.2 Å². The molecule has 3 rings (SSSR count). The number of fused-ring (bicyclic) bond motifs is 1. The van der Waals surface area contributed by atoms with Gasteiger partial charge in [0.05, 0.1) is 6.04 Å². The maximum atomic E-state index is 6.29. The molecule has 0 aliphatic carbocycles. The third kappa shape index (κ3) is 2.27. The van der Waals surface area contributed by atoms with Crippen LogP contribution in [0.25, 0.3) is 10.8 Å². The molecule has 0 aliphatic rings. The second-order valence-electron chi connectivity index (χ2n) is 4.57. The number of hydrogen-bond acceptors (Lipinski definition) is 3. The molecule has 3 nitrogen and oxygen atoms in total. The van der Waals surface area contributed by atoms with E-state index in [4.69, 9.17) is 17.4 Å². The van der Waals surface area contributed by atoms with Gasteiger partial charge >= 0.3 is 0 Å². The summed E-state index contributed by atoms with van der Waals surface area (Å²) in [5, 5.41) is 2.89. The first-order valence-corrected chi connectivity index (χ1v) is 6.72. The number of pyridine rings is 1. The highest BCUT2D eigenvalue weighted by molar-refractivity contribution is 6.31. The molecule has 4 heteroatoms. The molecule has 3 N–H and O–H groups in total. The van der Waals surface area contributed by atoms with Crippen LogP contribution in [0.2, 0.25) is 5.02 Å². The first-order chi connectivity index (χ1) is 9.81. The van der Waals surface area contributed by atoms with Crippen LogP contribution in [0.15, 0.2) is 60.9 Å². The van der Waals surface area contributed by atoms with Crippen LogP contribution < -0.4 is 11.3 Å². The minimum Gasteiger partial charge on any atom is -0.271 e. The molecule has 0 fully saturated rings. The maximum absolute atomic E-state index is 6.29. The molecular weight excluding hydrogens is 270 g/mol. The highest BCUT2D eigenvalue weighted by atomic mass is 35.5. The van der Waals surface area contributed by atoms with Crippen LogP contribution in [-0.4, -0.2) is 4.98 Å². The fourth-order valence-corrected chi connectivity index (χ4v) is 2.70. The van der Waals surface area contributed by atoms with Crippen LogP contribution in [0, 0.1) is 0 Å². The van der Waals surface area contributed by atoms with Crippen LogP contribution in [0.4, 0.5) is 0 Å². The van der Waals surface area contributed by atoms with Crippen molar-refractivity contribution in [3.8, 4) is 0 Å². The number of nitrogens with two attached hydrogens (primary N) is 1. The van der Waals surface area contributed by atoms with E-state index in [2.05, 4.69) is 16.5 Å². The zero-order chi connectivity index (χ0) is 13.9. The molecule has 1 unspecified atom stereocenters. The Morgan fingerprint density at radius 2 is 1.80 bits per heavy atom. The Balaban J connectivity index is 2.20. The van der Waals surface area contributed by atoms with E-state index in [1.807, 2.05) is 48.7 Å². The van der Waals surface area contributed by atoms with Gasteiger partial charge in [0.1, 0.15) is 0 Å². The highest BCUT2D eigenvalue weighted by Gasteiger charge is 2.17. The lowest BCUT2D eigenvalue weighted by molar-refractivity contribution is 0.641. The summed E-state index contributed by atoms with van der Waals surface area (Å²) in [6.45, 7) is 0. The summed E-state index contributed by atoms with van der Waals surface area (Å²) in [6.07, 6.45) is 3.63. The number of benzene rings is 2. The molecule has 3 aromatic rings. The van der Waals surface area contributed by atoms with Gasteiger partial charge in [-0.05, 0) is 28.6 Å². The van der Waals surface area contributed by atoms with Gasteiger partial charge in [0.2, 0.25) is 0 Å². The normalized spacial score (nSPS) is 12.5. The zero-order valence-corrected chi connectivity index (χ0v) is 11.5. The van der Waals surface area contributed by atoms with Crippen molar-refractivity contribution in [2.24, 2.45) is 5.84 Å². The summed E-state index contributed by atoms with van der Waals surface area (Å²) in [4.78, 5) is 4.15. The van der Waals surface area contributed by atoms with Crippen molar-refractivity contribution in [3.05, 3.63) is 77.1 Å². The van der Waals surface area contributed by atoms with Crippen molar-refractivity contribution >= 4 is 22.4 Å². The van der Waals surface area contributed by atoms with E-state index in [0.29, 0.717) is 5.02 Å². The lowest BCUT2D eigenvalue weighted by Gasteiger charge is -2.20. The van der Waals surface area contributed by atoms with E-state index in [1.165, 1.54) is 0 Å². The third-order valence-corrected chi connectivity index (χ3v) is 3.75. The van der Waals surface area contributed by atoms with Crippen LogP contribution in [-0.2, 0) is 0 Å². The van der Waals surface area contributed by atoms with E-state index in [1.54, 1.807) is 6.20 Å². The molecule has 0 bridgehead atoms. The average molecular weight is 284 g/mol. The number of hydrogen-bond donors (Lipinski definition) is 2. The van der Waals surface area contributed by atoms with Gasteiger partial charge in [0.15, 0.2) is 0 Å². The Labute approximate surface area is 122 Å². The molecule has 0 spiro atoms. The summed E-state index contributed by atoms with van der Waals surface area (Å²) < 4.78 is 0. The molecule has 100 valence electrons. The van der Waals surface area contributed by atoms with Gasteiger partial charge in [-0.1, -0.05) is 48.0 Å². The predicted octanol–water partition coefficient (Wildman–Crippen LogP) is 3.44. The number of hydrazine groups is 1. The van der Waals surface area contributed by atoms with Crippen molar-refractivity contribution in [3.63, 3.8) is 0 Å². The van der Waals surface area contributed by atoms with Crippen molar-refractivity contribution < 1.29 is 0 Å². The van der Waals surface area contributed by atoms with E-state index in [9.17, 15) is 0 Å². The molecule has 0 saturated heterocycles. The molecule has 1 heterocycles. The molecule has 0 radical (unpaired) electrons. The topological polar surface area (TPSA) is 50.9 Å². The lowest BCUT2D eigenvalue weighted by Crippen LogP contribution is -2.29. The monoisotopic (exact) mass is 283 g/mol. The van der Waals surface area contributed by atoms with Gasteiger partial charge in [-0.15, -0.1) is 0 Å². The van der Waals surface area contributed by atoms with E-state index in [0.717, 1.165) is 21.9 Å². The highest BCUT2D eigenvalue weighted by Crippen LogP contribution is 2.31. The number of nitrogens with one attached hydrogen (secondary N) is 1. The second-order valence-corrected chi connectivity index (χ2v) is 4.97. The van der Waals surface area contributed by atoms with Crippen molar-refractivity contribution in [2.75, 3.05) is 0 Å². The minimum absolute atomic E-state index is 0.158. The minimum atomic E-state index is -0.158. The van der Waals surface area contributed by atoms with Crippen LogP contribution >= 0.6 is 11.6 Å². The summed E-state index contributed by atoms with van der Waals surface area (Å²) in [5.74, 6) is 5.77. The van der Waals surface area contributed by atoms with E-state index in [-0.39, 0.29) is 6.04 Å². The summed E-state index contributed by atoms with van der Waals surface area (Å²) in [5.41, 5.74) is 4.91. The molecule has 2 aromatic carbocycles. The van der Waals surface area contributed by atoms with E-state index >= 15 is 0 Å². The second kappa shape index (κ2) is 5.59. The Kier molecular flexibility index (Phi) is 3.65. The number of aromatic nitrogens is 1. The Morgan fingerprint density at radius 3 is 2.60 bits per heavy atom. The molecule has 0 aliphatic heterocycles. The predicted molar refractivity (Wildman–Crippen MR) is 82.4 cm³/mol. The summed E-state index contributed by atoms with van der Waals surface area (Å²) in [6, 6.07) is 15.6. The number of nitrogens with zero attached hydrogens (tertiary/aromatic N) is 1. The van der Waals surface area contributed by atoms with Gasteiger partial charge in [-0.3, -0.25) is 10.8 Å². The summed E-state index contributed by atoms with van der Waals surface area (Å²) >= 11 is 6.29. The molecule has 0 saturated carbocycles. The molecule has 1 aromatic heterocycles. The molecule has 20 heavy (non-hydrogen) atoms. The van der Waals surface area contributed by atoms with E-state index < -0.39 is 0 Å². The number of halogens is 1. The van der Waals surface area contributed by atoms with Crippen LogP contribution in [0.5, 0.6) is 0 Å². The third-order valence-electron chi connectivity index (χ3n) is 3.41. The Hall–Kier alpha value is -1.94. The van der Waals surface area contributed by atoms with Crippen molar-refractivity contribution in [1.82, 2.24) is 10.4 Å². The smallest absolute Gasteiger partial charge is 0.0730 e. The SMILES string of the molecule is NNC(c1ccccc1Cl)c1cccc2cnccc12. The summed E-state index contributed by atoms with van der Waals surface area (Å²) in [7, 11) is 0. The maximum Gasteiger partial charge on any atom is 0.0730 e. The first-order valence-electron chi connectivity index (χ1n) is 6.34. The molecule has 1 atom stereocenters. The van der Waals surface area contributed by atoms with Gasteiger partial charge in [0, 0.05) is 22.8 Å². The van der Waals surface area contributed by atoms with Gasteiger partial charge in [-0.2, -0.15) is 0 Å². The van der Waals surface area contributed by atoms with Gasteiger partial charge in [0.25, 0.3) is 0 Å². The van der Waals surface area contributed by atoms with Crippen molar-refractivity contribution in [1.29, 1.82) is 0 Å². The zero-order valence-electron chi connectivity index (χ0n) is 10.8. The molecular formula is C16H14ClN3. The largest absolute Gasteiger partial charge is 0.271 e. The quantitative estimate of drug-likeness (QED) is 0.572. The lowest BCUT2D eigenvalue weighted by atomic mass is 9.95.